The number of amides is 1. The van der Waals surface area contributed by atoms with Gasteiger partial charge in [0.2, 0.25) is 5.91 Å². The van der Waals surface area contributed by atoms with Gasteiger partial charge in [-0.25, -0.2) is 0 Å². The van der Waals surface area contributed by atoms with Crippen molar-refractivity contribution in [2.75, 3.05) is 11.1 Å². The van der Waals surface area contributed by atoms with E-state index in [9.17, 15) is 4.79 Å². The smallest absolute Gasteiger partial charge is 0.237 e. The molecule has 0 radical (unpaired) electrons. The molecule has 0 spiro atoms. The highest BCUT2D eigenvalue weighted by Crippen LogP contribution is 2.36. The molecular weight excluding hydrogens is 252 g/mol. The predicted molar refractivity (Wildman–Crippen MR) is 75.8 cm³/mol. The van der Waals surface area contributed by atoms with Crippen LogP contribution in [-0.2, 0) is 4.79 Å². The summed E-state index contributed by atoms with van der Waals surface area (Å²) in [6.45, 7) is 1.91. The van der Waals surface area contributed by atoms with E-state index in [0.717, 1.165) is 28.3 Å². The molecule has 5 heteroatoms. The standard InChI is InChI=1S/C12H16N2OS2/c1-7-12(15)14-10-6-8(9(13)4-5-16)2-3-11(10)17-7/h2-3,6-7,9,16H,4-5,13H2,1H3,(H,14,15). The van der Waals surface area contributed by atoms with Gasteiger partial charge in [0.25, 0.3) is 0 Å². The first-order chi connectivity index (χ1) is 8.11. The Hall–Kier alpha value is -0.650. The minimum absolute atomic E-state index is 0.0148. The van der Waals surface area contributed by atoms with Gasteiger partial charge in [-0.15, -0.1) is 11.8 Å². The molecule has 0 aliphatic carbocycles. The topological polar surface area (TPSA) is 55.1 Å². The van der Waals surface area contributed by atoms with Gasteiger partial charge in [0, 0.05) is 10.9 Å². The molecule has 0 fully saturated rings. The Kier molecular flexibility index (Phi) is 4.01. The number of thioether (sulfide) groups is 1. The average molecular weight is 268 g/mol. The largest absolute Gasteiger partial charge is 0.324 e. The Bertz CT molecular complexity index is 437. The van der Waals surface area contributed by atoms with Crippen LogP contribution in [0.1, 0.15) is 24.9 Å². The van der Waals surface area contributed by atoms with Gasteiger partial charge in [-0.3, -0.25) is 4.79 Å². The molecule has 0 bridgehead atoms. The Morgan fingerprint density at radius 2 is 2.35 bits per heavy atom. The summed E-state index contributed by atoms with van der Waals surface area (Å²) in [4.78, 5) is 12.7. The van der Waals surface area contributed by atoms with E-state index in [1.165, 1.54) is 0 Å². The lowest BCUT2D eigenvalue weighted by Crippen LogP contribution is -2.26. The lowest BCUT2D eigenvalue weighted by atomic mass is 10.0. The van der Waals surface area contributed by atoms with Crippen LogP contribution in [0.3, 0.4) is 0 Å². The number of thiol groups is 1. The molecule has 3 N–H and O–H groups in total. The summed E-state index contributed by atoms with van der Waals surface area (Å²) >= 11 is 5.77. The maximum absolute atomic E-state index is 11.6. The Balaban J connectivity index is 2.25. The number of anilines is 1. The molecule has 92 valence electrons. The molecule has 1 aliphatic heterocycles. The van der Waals surface area contributed by atoms with E-state index >= 15 is 0 Å². The monoisotopic (exact) mass is 268 g/mol. The van der Waals surface area contributed by atoms with E-state index in [-0.39, 0.29) is 17.2 Å². The molecule has 1 heterocycles. The second kappa shape index (κ2) is 5.33. The quantitative estimate of drug-likeness (QED) is 0.738. The average Bonchev–Trinajstić information content (AvgIpc) is 2.30. The molecule has 0 saturated carbocycles. The van der Waals surface area contributed by atoms with Crippen LogP contribution >= 0.6 is 24.4 Å². The van der Waals surface area contributed by atoms with Crippen LogP contribution in [0.2, 0.25) is 0 Å². The SMILES string of the molecule is CC1Sc2ccc(C(N)CCS)cc2NC1=O. The van der Waals surface area contributed by atoms with Gasteiger partial charge in [0.1, 0.15) is 0 Å². The number of hydrogen-bond acceptors (Lipinski definition) is 4. The number of nitrogens with one attached hydrogen (secondary N) is 1. The highest BCUT2D eigenvalue weighted by molar-refractivity contribution is 8.00. The summed E-state index contributed by atoms with van der Waals surface area (Å²) in [6, 6.07) is 6.02. The molecule has 2 unspecified atom stereocenters. The van der Waals surface area contributed by atoms with Crippen LogP contribution in [-0.4, -0.2) is 16.9 Å². The number of carbonyl (C=O) groups is 1. The number of carbonyl (C=O) groups excluding carboxylic acids is 1. The molecule has 1 aliphatic rings. The normalized spacial score (nSPS) is 20.6. The molecular formula is C12H16N2OS2. The third-order valence-electron chi connectivity index (χ3n) is 2.80. The van der Waals surface area contributed by atoms with Crippen LogP contribution in [0, 0.1) is 0 Å². The summed E-state index contributed by atoms with van der Waals surface area (Å²) in [7, 11) is 0. The van der Waals surface area contributed by atoms with Gasteiger partial charge in [-0.1, -0.05) is 6.07 Å². The predicted octanol–water partition coefficient (Wildman–Crippen LogP) is 2.44. The van der Waals surface area contributed by atoms with Crippen LogP contribution < -0.4 is 11.1 Å². The molecule has 0 aromatic heterocycles. The molecule has 17 heavy (non-hydrogen) atoms. The van der Waals surface area contributed by atoms with Crippen molar-refractivity contribution in [1.82, 2.24) is 0 Å². The summed E-state index contributed by atoms with van der Waals surface area (Å²) < 4.78 is 0. The first kappa shape index (κ1) is 12.8. The number of rotatable bonds is 3. The Labute approximate surface area is 111 Å². The molecule has 1 amide bonds. The number of hydrogen-bond donors (Lipinski definition) is 3. The van der Waals surface area contributed by atoms with Gasteiger partial charge >= 0.3 is 0 Å². The maximum atomic E-state index is 11.6. The second-order valence-electron chi connectivity index (χ2n) is 4.12. The van der Waals surface area contributed by atoms with E-state index < -0.39 is 0 Å². The van der Waals surface area contributed by atoms with Gasteiger partial charge < -0.3 is 11.1 Å². The van der Waals surface area contributed by atoms with E-state index in [0.29, 0.717) is 0 Å². The fraction of sp³-hybridized carbons (Fsp3) is 0.417. The van der Waals surface area contributed by atoms with Crippen molar-refractivity contribution >= 4 is 36.0 Å². The van der Waals surface area contributed by atoms with Gasteiger partial charge in [-0.2, -0.15) is 12.6 Å². The third-order valence-corrected chi connectivity index (χ3v) is 4.24. The van der Waals surface area contributed by atoms with Crippen molar-refractivity contribution in [2.45, 2.75) is 29.5 Å². The first-order valence-electron chi connectivity index (χ1n) is 5.59. The summed E-state index contributed by atoms with van der Waals surface area (Å²) in [5.41, 5.74) is 7.96. The lowest BCUT2D eigenvalue weighted by molar-refractivity contribution is -0.115. The van der Waals surface area contributed by atoms with Crippen molar-refractivity contribution in [3.8, 4) is 0 Å². The summed E-state index contributed by atoms with van der Waals surface area (Å²) in [6.07, 6.45) is 0.833. The zero-order valence-electron chi connectivity index (χ0n) is 9.64. The zero-order valence-corrected chi connectivity index (χ0v) is 11.4. The number of benzene rings is 1. The van der Waals surface area contributed by atoms with E-state index in [4.69, 9.17) is 5.73 Å². The van der Waals surface area contributed by atoms with Gasteiger partial charge in [0.05, 0.1) is 10.9 Å². The van der Waals surface area contributed by atoms with Crippen molar-refractivity contribution < 1.29 is 4.79 Å². The van der Waals surface area contributed by atoms with E-state index in [1.54, 1.807) is 11.8 Å². The van der Waals surface area contributed by atoms with Crippen LogP contribution in [0.5, 0.6) is 0 Å². The molecule has 1 aromatic rings. The van der Waals surface area contributed by atoms with Crippen molar-refractivity contribution in [3.63, 3.8) is 0 Å². The fourth-order valence-electron chi connectivity index (χ4n) is 1.76. The minimum atomic E-state index is -0.0283. The van der Waals surface area contributed by atoms with Crippen molar-refractivity contribution in [1.29, 1.82) is 0 Å². The maximum Gasteiger partial charge on any atom is 0.237 e. The molecule has 2 rings (SSSR count). The highest BCUT2D eigenvalue weighted by Gasteiger charge is 2.23. The third kappa shape index (κ3) is 2.78. The fourth-order valence-corrected chi connectivity index (χ4v) is 2.97. The number of fused-ring (bicyclic) bond motifs is 1. The van der Waals surface area contributed by atoms with Gasteiger partial charge in [-0.05, 0) is 36.8 Å². The molecule has 0 saturated heterocycles. The minimum Gasteiger partial charge on any atom is -0.324 e. The lowest BCUT2D eigenvalue weighted by Gasteiger charge is -2.23. The molecule has 3 nitrogen and oxygen atoms in total. The summed E-state index contributed by atoms with van der Waals surface area (Å²) in [5, 5.41) is 2.88. The van der Waals surface area contributed by atoms with E-state index in [1.807, 2.05) is 25.1 Å². The van der Waals surface area contributed by atoms with Crippen molar-refractivity contribution in [3.05, 3.63) is 23.8 Å². The number of nitrogens with two attached hydrogens (primary N) is 1. The highest BCUT2D eigenvalue weighted by atomic mass is 32.2. The zero-order chi connectivity index (χ0) is 12.4. The Morgan fingerprint density at radius 3 is 3.06 bits per heavy atom. The van der Waals surface area contributed by atoms with Crippen LogP contribution in [0.4, 0.5) is 5.69 Å². The van der Waals surface area contributed by atoms with E-state index in [2.05, 4.69) is 17.9 Å². The van der Waals surface area contributed by atoms with Crippen LogP contribution in [0.25, 0.3) is 0 Å². The Morgan fingerprint density at radius 1 is 1.59 bits per heavy atom. The van der Waals surface area contributed by atoms with Crippen molar-refractivity contribution in [2.24, 2.45) is 5.73 Å². The molecule has 2 atom stereocenters. The molecule has 1 aromatic carbocycles. The summed E-state index contributed by atoms with van der Waals surface area (Å²) in [5.74, 6) is 0.818. The second-order valence-corrected chi connectivity index (χ2v) is 5.95. The first-order valence-corrected chi connectivity index (χ1v) is 7.11. The van der Waals surface area contributed by atoms with Crippen LogP contribution in [0.15, 0.2) is 23.1 Å². The van der Waals surface area contributed by atoms with Gasteiger partial charge in [0.15, 0.2) is 0 Å².